The minimum atomic E-state index is -0.585. The summed E-state index contributed by atoms with van der Waals surface area (Å²) in [4.78, 5) is 38.7. The first kappa shape index (κ1) is 19.0. The molecular formula is C21H18ClN3O4. The average Bonchev–Trinajstić information content (AvgIpc) is 3.27. The first-order valence-corrected chi connectivity index (χ1v) is 9.46. The van der Waals surface area contributed by atoms with Crippen molar-refractivity contribution in [3.05, 3.63) is 64.9 Å². The summed E-state index contributed by atoms with van der Waals surface area (Å²) in [5, 5.41) is 1.35. The zero-order valence-corrected chi connectivity index (χ0v) is 16.3. The molecule has 7 nitrogen and oxygen atoms in total. The first-order valence-electron chi connectivity index (χ1n) is 9.08. The molecule has 3 amide bonds. The highest BCUT2D eigenvalue weighted by Gasteiger charge is 2.35. The number of fused-ring (bicyclic) bond motifs is 1. The highest BCUT2D eigenvalue weighted by molar-refractivity contribution is 6.31. The van der Waals surface area contributed by atoms with Gasteiger partial charge in [0.15, 0.2) is 5.76 Å². The summed E-state index contributed by atoms with van der Waals surface area (Å²) >= 11 is 5.98. The monoisotopic (exact) mass is 411 g/mol. The highest BCUT2D eigenvalue weighted by Crippen LogP contribution is 2.27. The van der Waals surface area contributed by atoms with Gasteiger partial charge in [0.05, 0.1) is 5.92 Å². The number of nitrogens with zero attached hydrogens (tertiary/aromatic N) is 1. The lowest BCUT2D eigenvalue weighted by atomic mass is 10.1. The van der Waals surface area contributed by atoms with Gasteiger partial charge >= 0.3 is 5.91 Å². The molecule has 148 valence electrons. The molecule has 2 N–H and O–H groups in total. The summed E-state index contributed by atoms with van der Waals surface area (Å²) in [6.07, 6.45) is 0.0535. The minimum absolute atomic E-state index is 0.0535. The number of nitrogens with one attached hydrogen (secondary N) is 2. The predicted octanol–water partition coefficient (Wildman–Crippen LogP) is 3.21. The Morgan fingerprint density at radius 1 is 1.14 bits per heavy atom. The molecule has 3 aromatic rings. The fraction of sp³-hybridized carbons (Fsp3) is 0.190. The van der Waals surface area contributed by atoms with Gasteiger partial charge < -0.3 is 9.32 Å². The van der Waals surface area contributed by atoms with E-state index in [4.69, 9.17) is 16.0 Å². The Kier molecular flexibility index (Phi) is 4.98. The van der Waals surface area contributed by atoms with Crippen molar-refractivity contribution in [2.75, 3.05) is 11.4 Å². The molecule has 1 aliphatic rings. The zero-order chi connectivity index (χ0) is 20.5. The van der Waals surface area contributed by atoms with Crippen molar-refractivity contribution in [2.45, 2.75) is 13.3 Å². The maximum Gasteiger partial charge on any atom is 0.305 e. The van der Waals surface area contributed by atoms with E-state index in [-0.39, 0.29) is 24.6 Å². The number of hydrogen-bond donors (Lipinski definition) is 2. The van der Waals surface area contributed by atoms with Crippen LogP contribution in [-0.2, 0) is 9.59 Å². The number of benzene rings is 2. The van der Waals surface area contributed by atoms with Crippen LogP contribution in [0.15, 0.2) is 52.9 Å². The van der Waals surface area contributed by atoms with Gasteiger partial charge in [-0.25, -0.2) is 0 Å². The Bertz CT molecular complexity index is 1120. The molecule has 8 heteroatoms. The lowest BCUT2D eigenvalue weighted by molar-refractivity contribution is -0.126. The van der Waals surface area contributed by atoms with Crippen LogP contribution < -0.4 is 15.8 Å². The van der Waals surface area contributed by atoms with Gasteiger partial charge in [-0.05, 0) is 31.2 Å². The lowest BCUT2D eigenvalue weighted by Crippen LogP contribution is -2.45. The molecule has 0 radical (unpaired) electrons. The van der Waals surface area contributed by atoms with Gasteiger partial charge in [0, 0.05) is 34.6 Å². The Balaban J connectivity index is 1.40. The van der Waals surface area contributed by atoms with Gasteiger partial charge in [-0.3, -0.25) is 25.2 Å². The Morgan fingerprint density at radius 3 is 2.69 bits per heavy atom. The first-order chi connectivity index (χ1) is 13.9. The number of amides is 3. The molecule has 2 heterocycles. The van der Waals surface area contributed by atoms with E-state index in [1.807, 2.05) is 18.2 Å². The number of hydrogen-bond acceptors (Lipinski definition) is 4. The van der Waals surface area contributed by atoms with E-state index < -0.39 is 17.7 Å². The quantitative estimate of drug-likeness (QED) is 0.647. The summed E-state index contributed by atoms with van der Waals surface area (Å²) in [5.74, 6) is -1.62. The number of carbonyl (C=O) groups excluding carboxylic acids is 3. The Morgan fingerprint density at radius 2 is 1.93 bits per heavy atom. The normalized spacial score (nSPS) is 16.3. The molecule has 0 aliphatic carbocycles. The van der Waals surface area contributed by atoms with Crippen molar-refractivity contribution in [2.24, 2.45) is 5.92 Å². The van der Waals surface area contributed by atoms with Crippen LogP contribution in [0, 0.1) is 12.8 Å². The second kappa shape index (κ2) is 7.60. The SMILES string of the molecule is Cc1c(C(=O)NNC(=O)C2CC(=O)N(c3cccc(Cl)c3)C2)oc2ccccc12. The van der Waals surface area contributed by atoms with E-state index in [0.717, 1.165) is 5.39 Å². The van der Waals surface area contributed by atoms with Crippen LogP contribution in [0.4, 0.5) is 5.69 Å². The lowest BCUT2D eigenvalue weighted by Gasteiger charge is -2.17. The molecule has 0 bridgehead atoms. The smallest absolute Gasteiger partial charge is 0.305 e. The molecule has 1 fully saturated rings. The molecule has 0 spiro atoms. The van der Waals surface area contributed by atoms with Gasteiger partial charge in [0.1, 0.15) is 5.58 Å². The van der Waals surface area contributed by atoms with Crippen molar-refractivity contribution >= 4 is 46.0 Å². The standard InChI is InChI=1S/C21H18ClN3O4/c1-12-16-7-2-3-8-17(16)29-19(12)21(28)24-23-20(27)13-9-18(26)25(11-13)15-6-4-5-14(22)10-15/h2-8,10,13H,9,11H2,1H3,(H,23,27)(H,24,28). The van der Waals surface area contributed by atoms with E-state index in [1.54, 1.807) is 37.3 Å². The predicted molar refractivity (Wildman–Crippen MR) is 108 cm³/mol. The van der Waals surface area contributed by atoms with Crippen molar-refractivity contribution in [1.82, 2.24) is 10.9 Å². The second-order valence-electron chi connectivity index (χ2n) is 6.88. The number of aryl methyl sites for hydroxylation is 1. The molecule has 1 atom stereocenters. The number of carbonyl (C=O) groups is 3. The largest absolute Gasteiger partial charge is 0.451 e. The molecule has 4 rings (SSSR count). The van der Waals surface area contributed by atoms with E-state index in [9.17, 15) is 14.4 Å². The highest BCUT2D eigenvalue weighted by atomic mass is 35.5. The van der Waals surface area contributed by atoms with Gasteiger partial charge in [0.25, 0.3) is 0 Å². The second-order valence-corrected chi connectivity index (χ2v) is 7.32. The number of para-hydroxylation sites is 1. The fourth-order valence-electron chi connectivity index (χ4n) is 3.44. The number of rotatable bonds is 3. The van der Waals surface area contributed by atoms with Gasteiger partial charge in [-0.2, -0.15) is 0 Å². The van der Waals surface area contributed by atoms with Crippen molar-refractivity contribution in [1.29, 1.82) is 0 Å². The molecule has 1 aromatic heterocycles. The fourth-order valence-corrected chi connectivity index (χ4v) is 3.63. The third kappa shape index (κ3) is 3.69. The van der Waals surface area contributed by atoms with Crippen LogP contribution in [0.3, 0.4) is 0 Å². The van der Waals surface area contributed by atoms with Crippen LogP contribution >= 0.6 is 11.6 Å². The summed E-state index contributed by atoms with van der Waals surface area (Å²) in [6, 6.07) is 14.2. The average molecular weight is 412 g/mol. The molecule has 1 saturated heterocycles. The topological polar surface area (TPSA) is 91.7 Å². The maximum atomic E-state index is 12.5. The summed E-state index contributed by atoms with van der Waals surface area (Å²) in [7, 11) is 0. The molecule has 1 aliphatic heterocycles. The molecule has 0 saturated carbocycles. The van der Waals surface area contributed by atoms with Crippen LogP contribution in [0.1, 0.15) is 22.5 Å². The molecule has 2 aromatic carbocycles. The van der Waals surface area contributed by atoms with Gasteiger partial charge in [0.2, 0.25) is 11.8 Å². The van der Waals surface area contributed by atoms with E-state index in [0.29, 0.717) is 21.9 Å². The number of hydrazine groups is 1. The third-order valence-electron chi connectivity index (χ3n) is 4.96. The molecule has 1 unspecified atom stereocenters. The summed E-state index contributed by atoms with van der Waals surface area (Å²) < 4.78 is 5.58. The Labute approximate surface area is 171 Å². The van der Waals surface area contributed by atoms with Crippen LogP contribution in [0.5, 0.6) is 0 Å². The molecular weight excluding hydrogens is 394 g/mol. The van der Waals surface area contributed by atoms with Crippen molar-refractivity contribution in [3.8, 4) is 0 Å². The van der Waals surface area contributed by atoms with Crippen molar-refractivity contribution in [3.63, 3.8) is 0 Å². The summed E-state index contributed by atoms with van der Waals surface area (Å²) in [6.45, 7) is 1.99. The summed E-state index contributed by atoms with van der Waals surface area (Å²) in [5.41, 5.74) is 6.69. The zero-order valence-electron chi connectivity index (χ0n) is 15.6. The number of halogens is 1. The van der Waals surface area contributed by atoms with E-state index in [2.05, 4.69) is 10.9 Å². The van der Waals surface area contributed by atoms with E-state index in [1.165, 1.54) is 4.90 Å². The van der Waals surface area contributed by atoms with Crippen LogP contribution in [0.25, 0.3) is 11.0 Å². The van der Waals surface area contributed by atoms with Crippen LogP contribution in [0.2, 0.25) is 5.02 Å². The Hall–Kier alpha value is -3.32. The third-order valence-corrected chi connectivity index (χ3v) is 5.20. The van der Waals surface area contributed by atoms with Crippen molar-refractivity contribution < 1.29 is 18.8 Å². The van der Waals surface area contributed by atoms with Crippen LogP contribution in [-0.4, -0.2) is 24.3 Å². The molecule has 29 heavy (non-hydrogen) atoms. The number of furan rings is 1. The number of anilines is 1. The van der Waals surface area contributed by atoms with Gasteiger partial charge in [-0.1, -0.05) is 35.9 Å². The van der Waals surface area contributed by atoms with E-state index >= 15 is 0 Å². The minimum Gasteiger partial charge on any atom is -0.451 e. The maximum absolute atomic E-state index is 12.5. The van der Waals surface area contributed by atoms with Gasteiger partial charge in [-0.15, -0.1) is 0 Å².